The molecule has 1 N–H and O–H groups in total. The van der Waals surface area contributed by atoms with E-state index in [1.165, 1.54) is 44.7 Å². The van der Waals surface area contributed by atoms with E-state index < -0.39 is 0 Å². The third-order valence-electron chi connectivity index (χ3n) is 5.86. The van der Waals surface area contributed by atoms with Crippen LogP contribution in [0.3, 0.4) is 0 Å². The highest BCUT2D eigenvalue weighted by Gasteiger charge is 2.37. The lowest BCUT2D eigenvalue weighted by molar-refractivity contribution is 0.0717. The first kappa shape index (κ1) is 14.9. The smallest absolute Gasteiger partial charge is 0.255 e. The fraction of sp³-hybridized carbons (Fsp3) is 0.667. The highest BCUT2D eigenvalue weighted by atomic mass is 16.2. The number of piperidine rings is 1. The van der Waals surface area contributed by atoms with Crippen LogP contribution in [0.25, 0.3) is 0 Å². The molecule has 0 radical (unpaired) electrons. The molecule has 2 atom stereocenters. The summed E-state index contributed by atoms with van der Waals surface area (Å²) in [6.07, 6.45) is 8.16. The van der Waals surface area contributed by atoms with Crippen LogP contribution in [-0.4, -0.2) is 52.9 Å². The van der Waals surface area contributed by atoms with Gasteiger partial charge in [0.1, 0.15) is 0 Å². The number of nitrogens with one attached hydrogen (secondary N) is 1. The van der Waals surface area contributed by atoms with Gasteiger partial charge in [0.05, 0.1) is 5.56 Å². The quantitative estimate of drug-likeness (QED) is 0.924. The van der Waals surface area contributed by atoms with Crippen LogP contribution in [-0.2, 0) is 0 Å². The Morgan fingerprint density at radius 3 is 2.70 bits per heavy atom. The van der Waals surface area contributed by atoms with Crippen molar-refractivity contribution in [2.45, 2.75) is 38.1 Å². The van der Waals surface area contributed by atoms with E-state index in [1.54, 1.807) is 12.3 Å². The Balaban J connectivity index is 1.47. The maximum Gasteiger partial charge on any atom is 0.255 e. The predicted octanol–water partition coefficient (Wildman–Crippen LogP) is 1.71. The Morgan fingerprint density at radius 1 is 1.13 bits per heavy atom. The second-order valence-electron chi connectivity index (χ2n) is 7.50. The second kappa shape index (κ2) is 6.11. The molecule has 0 unspecified atom stereocenters. The lowest BCUT2D eigenvalue weighted by Crippen LogP contribution is -2.47. The Labute approximate surface area is 136 Å². The van der Waals surface area contributed by atoms with Gasteiger partial charge in [-0.15, -0.1) is 0 Å². The Hall–Kier alpha value is -1.62. The Morgan fingerprint density at radius 2 is 2.00 bits per heavy atom. The van der Waals surface area contributed by atoms with E-state index in [1.807, 2.05) is 4.90 Å². The van der Waals surface area contributed by atoms with Crippen molar-refractivity contribution >= 4 is 5.91 Å². The number of H-pyrrole nitrogens is 1. The van der Waals surface area contributed by atoms with Crippen LogP contribution in [0.15, 0.2) is 23.1 Å². The van der Waals surface area contributed by atoms with Crippen molar-refractivity contribution < 1.29 is 4.79 Å². The summed E-state index contributed by atoms with van der Waals surface area (Å²) in [5.41, 5.74) is 0.431. The third kappa shape index (κ3) is 3.07. The first-order valence-corrected chi connectivity index (χ1v) is 8.91. The third-order valence-corrected chi connectivity index (χ3v) is 5.86. The van der Waals surface area contributed by atoms with E-state index in [9.17, 15) is 9.59 Å². The van der Waals surface area contributed by atoms with Gasteiger partial charge in [0.25, 0.3) is 5.91 Å². The van der Waals surface area contributed by atoms with E-state index >= 15 is 0 Å². The van der Waals surface area contributed by atoms with Crippen LogP contribution in [0, 0.1) is 11.8 Å². The molecular weight excluding hydrogens is 290 g/mol. The summed E-state index contributed by atoms with van der Waals surface area (Å²) >= 11 is 0. The van der Waals surface area contributed by atoms with Crippen LogP contribution in [0.1, 0.15) is 42.5 Å². The van der Waals surface area contributed by atoms with Crippen molar-refractivity contribution in [2.24, 2.45) is 11.8 Å². The van der Waals surface area contributed by atoms with Crippen molar-refractivity contribution in [2.75, 3.05) is 26.2 Å². The van der Waals surface area contributed by atoms with Gasteiger partial charge in [0, 0.05) is 44.5 Å². The monoisotopic (exact) mass is 315 g/mol. The normalized spacial score (nSPS) is 28.4. The van der Waals surface area contributed by atoms with Gasteiger partial charge < -0.3 is 9.88 Å². The lowest BCUT2D eigenvalue weighted by atomic mass is 9.83. The molecule has 5 heteroatoms. The average Bonchev–Trinajstić information content (AvgIpc) is 2.82. The van der Waals surface area contributed by atoms with E-state index in [-0.39, 0.29) is 11.5 Å². The van der Waals surface area contributed by atoms with E-state index in [0.717, 1.165) is 25.6 Å². The minimum atomic E-state index is -0.163. The standard InChI is InChI=1S/C18H25N3O2/c22-17-7-5-15(8-19-17)18(23)21-11-14-4-6-16(12-21)20(10-14)9-13-2-1-3-13/h5,7-8,13-14,16H,1-4,6,9-12H2,(H,19,22)/t14-,16-/m0/s1. The molecule has 4 aliphatic rings. The number of fused-ring (bicyclic) bond motifs is 4. The minimum absolute atomic E-state index is 0.0589. The van der Waals surface area contributed by atoms with Crippen LogP contribution >= 0.6 is 0 Å². The zero-order valence-corrected chi connectivity index (χ0v) is 13.5. The molecule has 3 saturated heterocycles. The maximum absolute atomic E-state index is 12.8. The first-order chi connectivity index (χ1) is 11.2. The summed E-state index contributed by atoms with van der Waals surface area (Å²) in [6.45, 7) is 4.06. The molecule has 124 valence electrons. The molecule has 4 heterocycles. The van der Waals surface area contributed by atoms with Crippen molar-refractivity contribution in [3.63, 3.8) is 0 Å². The van der Waals surface area contributed by atoms with Crippen molar-refractivity contribution in [3.8, 4) is 0 Å². The van der Waals surface area contributed by atoms with Crippen molar-refractivity contribution in [3.05, 3.63) is 34.2 Å². The molecule has 0 spiro atoms. The molecule has 1 saturated carbocycles. The van der Waals surface area contributed by atoms with Gasteiger partial charge in [-0.3, -0.25) is 14.5 Å². The summed E-state index contributed by atoms with van der Waals surface area (Å²) in [6, 6.07) is 3.59. The van der Waals surface area contributed by atoms with Gasteiger partial charge >= 0.3 is 0 Å². The summed E-state index contributed by atoms with van der Waals surface area (Å²) < 4.78 is 0. The van der Waals surface area contributed by atoms with Gasteiger partial charge in [-0.1, -0.05) is 6.42 Å². The number of nitrogens with zero attached hydrogens (tertiary/aromatic N) is 2. The molecule has 1 aromatic rings. The van der Waals surface area contributed by atoms with Gasteiger partial charge in [-0.2, -0.15) is 0 Å². The van der Waals surface area contributed by atoms with Crippen molar-refractivity contribution in [1.29, 1.82) is 0 Å². The number of amides is 1. The molecule has 2 bridgehead atoms. The number of pyridine rings is 1. The Bertz CT molecular complexity index is 617. The molecule has 1 amide bonds. The summed E-state index contributed by atoms with van der Waals surface area (Å²) in [5.74, 6) is 1.54. The van der Waals surface area contributed by atoms with Gasteiger partial charge in [0.2, 0.25) is 5.56 Å². The van der Waals surface area contributed by atoms with Gasteiger partial charge in [-0.05, 0) is 43.6 Å². The lowest BCUT2D eigenvalue weighted by Gasteiger charge is -2.40. The summed E-state index contributed by atoms with van der Waals surface area (Å²) in [5, 5.41) is 0. The molecule has 23 heavy (non-hydrogen) atoms. The van der Waals surface area contributed by atoms with Crippen LogP contribution < -0.4 is 5.56 Å². The van der Waals surface area contributed by atoms with Crippen LogP contribution in [0.2, 0.25) is 0 Å². The Kier molecular flexibility index (Phi) is 3.97. The number of carbonyl (C=O) groups excluding carboxylic acids is 1. The first-order valence-electron chi connectivity index (χ1n) is 8.91. The number of rotatable bonds is 3. The number of aromatic amines is 1. The number of hydrogen-bond acceptors (Lipinski definition) is 3. The minimum Gasteiger partial charge on any atom is -0.337 e. The average molecular weight is 315 g/mol. The second-order valence-corrected chi connectivity index (χ2v) is 7.50. The number of carbonyl (C=O) groups is 1. The molecule has 3 aliphatic heterocycles. The highest BCUT2D eigenvalue weighted by molar-refractivity contribution is 5.93. The van der Waals surface area contributed by atoms with Crippen LogP contribution in [0.5, 0.6) is 0 Å². The number of aromatic nitrogens is 1. The van der Waals surface area contributed by atoms with E-state index in [2.05, 4.69) is 9.88 Å². The van der Waals surface area contributed by atoms with Gasteiger partial charge in [-0.25, -0.2) is 0 Å². The number of hydrogen-bond donors (Lipinski definition) is 1. The zero-order chi connectivity index (χ0) is 15.8. The molecule has 1 aromatic heterocycles. The topological polar surface area (TPSA) is 56.4 Å². The molecule has 4 fully saturated rings. The van der Waals surface area contributed by atoms with E-state index in [4.69, 9.17) is 0 Å². The fourth-order valence-electron chi connectivity index (χ4n) is 4.30. The fourth-order valence-corrected chi connectivity index (χ4v) is 4.30. The van der Waals surface area contributed by atoms with Gasteiger partial charge in [0.15, 0.2) is 0 Å². The SMILES string of the molecule is O=C(c1ccc(=O)[nH]c1)N1C[C@H]2CC[C@@H](C1)N(CC1CCC1)C2. The molecular formula is C18H25N3O2. The predicted molar refractivity (Wildman–Crippen MR) is 88.4 cm³/mol. The molecule has 1 aliphatic carbocycles. The van der Waals surface area contributed by atoms with Crippen molar-refractivity contribution in [1.82, 2.24) is 14.8 Å². The molecule has 5 rings (SSSR count). The summed E-state index contributed by atoms with van der Waals surface area (Å²) in [4.78, 5) is 31.2. The largest absolute Gasteiger partial charge is 0.337 e. The highest BCUT2D eigenvalue weighted by Crippen LogP contribution is 2.33. The van der Waals surface area contributed by atoms with Crippen LogP contribution in [0.4, 0.5) is 0 Å². The zero-order valence-electron chi connectivity index (χ0n) is 13.5. The molecule has 0 aromatic carbocycles. The molecule has 5 nitrogen and oxygen atoms in total. The maximum atomic E-state index is 12.8. The summed E-state index contributed by atoms with van der Waals surface area (Å²) in [7, 11) is 0. The van der Waals surface area contributed by atoms with E-state index in [0.29, 0.717) is 17.5 Å².